The zero-order valence-electron chi connectivity index (χ0n) is 18.6. The summed E-state index contributed by atoms with van der Waals surface area (Å²) >= 11 is 0. The minimum atomic E-state index is -0.182. The van der Waals surface area contributed by atoms with Crippen molar-refractivity contribution < 1.29 is 13.9 Å². The van der Waals surface area contributed by atoms with Gasteiger partial charge < -0.3 is 19.9 Å². The molecule has 5 nitrogen and oxygen atoms in total. The van der Waals surface area contributed by atoms with Crippen molar-refractivity contribution in [3.63, 3.8) is 0 Å². The number of hydrogen-bond acceptors (Lipinski definition) is 3. The molecule has 0 spiro atoms. The number of nitrogens with zero attached hydrogens (tertiary/aromatic N) is 2. The summed E-state index contributed by atoms with van der Waals surface area (Å²) < 4.78 is 21.7. The number of carbonyl (C=O) groups is 1. The topological polar surface area (TPSA) is 60.5 Å². The van der Waals surface area contributed by atoms with Crippen molar-refractivity contribution in [3.8, 4) is 0 Å². The number of amides is 1. The zero-order chi connectivity index (χ0) is 22.0. The van der Waals surface area contributed by atoms with Crippen molar-refractivity contribution in [2.24, 2.45) is 5.73 Å². The number of aromatic nitrogens is 1. The maximum absolute atomic E-state index is 14.4. The van der Waals surface area contributed by atoms with Gasteiger partial charge in [0.25, 0.3) is 5.91 Å². The Kier molecular flexibility index (Phi) is 7.93. The predicted molar refractivity (Wildman–Crippen MR) is 128 cm³/mol. The first-order valence-corrected chi connectivity index (χ1v) is 10.9. The molecule has 1 amide bonds. The molecule has 1 fully saturated rings. The quantitative estimate of drug-likeness (QED) is 0.584. The third kappa shape index (κ3) is 4.68. The molecule has 0 unspecified atom stereocenters. The third-order valence-corrected chi connectivity index (χ3v) is 6.40. The Balaban J connectivity index is 0.00000289. The highest BCUT2D eigenvalue weighted by Crippen LogP contribution is 2.32. The van der Waals surface area contributed by atoms with E-state index in [0.717, 1.165) is 46.0 Å². The number of likely N-dealkylation sites (tertiary alicyclic amines) is 1. The number of piperidine rings is 1. The van der Waals surface area contributed by atoms with Crippen LogP contribution < -0.4 is 5.73 Å². The van der Waals surface area contributed by atoms with Gasteiger partial charge in [0.1, 0.15) is 5.82 Å². The number of carbonyl (C=O) groups excluding carboxylic acids is 1. The number of nitrogens with two attached hydrogens (primary N) is 1. The van der Waals surface area contributed by atoms with E-state index in [4.69, 9.17) is 10.5 Å². The fourth-order valence-corrected chi connectivity index (χ4v) is 4.67. The van der Waals surface area contributed by atoms with Crippen LogP contribution in [0.4, 0.5) is 4.39 Å². The molecule has 1 aliphatic rings. The van der Waals surface area contributed by atoms with Gasteiger partial charge >= 0.3 is 0 Å². The van der Waals surface area contributed by atoms with E-state index in [0.29, 0.717) is 32.8 Å². The normalized spacial score (nSPS) is 14.6. The molecule has 172 valence electrons. The van der Waals surface area contributed by atoms with Crippen LogP contribution in [-0.2, 0) is 17.8 Å². The van der Waals surface area contributed by atoms with Crippen molar-refractivity contribution in [3.05, 3.63) is 70.7 Å². The summed E-state index contributed by atoms with van der Waals surface area (Å²) in [5.74, 6) is -0.0238. The average molecular weight is 460 g/mol. The minimum Gasteiger partial charge on any atom is -0.383 e. The van der Waals surface area contributed by atoms with Gasteiger partial charge in [0, 0.05) is 50.4 Å². The highest BCUT2D eigenvalue weighted by atomic mass is 35.5. The summed E-state index contributed by atoms with van der Waals surface area (Å²) in [5.41, 5.74) is 10.3. The van der Waals surface area contributed by atoms with Crippen LogP contribution in [0.5, 0.6) is 0 Å². The first-order chi connectivity index (χ1) is 15.0. The van der Waals surface area contributed by atoms with Crippen LogP contribution in [0.3, 0.4) is 0 Å². The molecule has 1 aliphatic heterocycles. The number of ether oxygens (including phenoxy) is 1. The van der Waals surface area contributed by atoms with Crippen molar-refractivity contribution in [2.75, 3.05) is 26.8 Å². The smallest absolute Gasteiger partial charge is 0.256 e. The molecular formula is C25H31ClFN3O2. The number of halogens is 2. The number of hydrogen-bond donors (Lipinski definition) is 1. The summed E-state index contributed by atoms with van der Waals surface area (Å²) in [4.78, 5) is 15.4. The van der Waals surface area contributed by atoms with Crippen molar-refractivity contribution in [1.29, 1.82) is 0 Å². The van der Waals surface area contributed by atoms with E-state index in [-0.39, 0.29) is 30.0 Å². The Labute approximate surface area is 194 Å². The fraction of sp³-hybridized carbons (Fsp3) is 0.400. The SMILES string of the molecule is COCCn1cc(C(=O)N2CCC(c3cc(CN)ccc3F)CC2)c2c(C)cccc21.Cl. The van der Waals surface area contributed by atoms with Crippen molar-refractivity contribution >= 4 is 29.2 Å². The van der Waals surface area contributed by atoms with Gasteiger partial charge in [-0.05, 0) is 54.5 Å². The van der Waals surface area contributed by atoms with Crippen LogP contribution >= 0.6 is 12.4 Å². The van der Waals surface area contributed by atoms with Crippen LogP contribution in [0.15, 0.2) is 42.6 Å². The molecule has 0 atom stereocenters. The van der Waals surface area contributed by atoms with Crippen molar-refractivity contribution in [2.45, 2.75) is 38.8 Å². The Bertz CT molecular complexity index is 1090. The van der Waals surface area contributed by atoms with Crippen molar-refractivity contribution in [1.82, 2.24) is 9.47 Å². The number of aryl methyl sites for hydroxylation is 1. The van der Waals surface area contributed by atoms with E-state index in [9.17, 15) is 9.18 Å². The summed E-state index contributed by atoms with van der Waals surface area (Å²) in [6.45, 7) is 4.96. The van der Waals surface area contributed by atoms with Crippen LogP contribution in [0.1, 0.15) is 45.8 Å². The molecular weight excluding hydrogens is 429 g/mol. The maximum atomic E-state index is 14.4. The molecule has 0 saturated carbocycles. The van der Waals surface area contributed by atoms with Gasteiger partial charge in [-0.25, -0.2) is 4.39 Å². The molecule has 3 aromatic rings. The number of benzene rings is 2. The Morgan fingerprint density at radius 1 is 1.22 bits per heavy atom. The molecule has 32 heavy (non-hydrogen) atoms. The first-order valence-electron chi connectivity index (χ1n) is 10.9. The van der Waals surface area contributed by atoms with Crippen LogP contribution in [0, 0.1) is 12.7 Å². The average Bonchev–Trinajstić information content (AvgIpc) is 3.17. The second kappa shape index (κ2) is 10.5. The lowest BCUT2D eigenvalue weighted by molar-refractivity contribution is 0.0714. The Hall–Kier alpha value is -2.41. The molecule has 7 heteroatoms. The Morgan fingerprint density at radius 2 is 1.97 bits per heavy atom. The molecule has 4 rings (SSSR count). The van der Waals surface area contributed by atoms with E-state index < -0.39 is 0 Å². The summed E-state index contributed by atoms with van der Waals surface area (Å²) in [7, 11) is 1.68. The fourth-order valence-electron chi connectivity index (χ4n) is 4.67. The lowest BCUT2D eigenvalue weighted by Crippen LogP contribution is -2.38. The van der Waals surface area contributed by atoms with E-state index >= 15 is 0 Å². The summed E-state index contributed by atoms with van der Waals surface area (Å²) in [5, 5.41) is 1.01. The molecule has 2 heterocycles. The lowest BCUT2D eigenvalue weighted by atomic mass is 9.88. The second-order valence-corrected chi connectivity index (χ2v) is 8.32. The summed E-state index contributed by atoms with van der Waals surface area (Å²) in [6.07, 6.45) is 3.45. The van der Waals surface area contributed by atoms with Gasteiger partial charge in [0.05, 0.1) is 12.2 Å². The predicted octanol–water partition coefficient (Wildman–Crippen LogP) is 4.64. The highest BCUT2D eigenvalue weighted by molar-refractivity contribution is 6.08. The van der Waals surface area contributed by atoms with Crippen LogP contribution in [0.2, 0.25) is 0 Å². The van der Waals surface area contributed by atoms with E-state index in [1.165, 1.54) is 6.07 Å². The van der Waals surface area contributed by atoms with Gasteiger partial charge in [-0.2, -0.15) is 0 Å². The molecule has 0 bridgehead atoms. The van der Waals surface area contributed by atoms with Crippen LogP contribution in [0.25, 0.3) is 10.9 Å². The van der Waals surface area contributed by atoms with E-state index in [1.54, 1.807) is 13.2 Å². The standard InChI is InChI=1S/C25H30FN3O2.ClH/c1-17-4-3-5-23-24(17)21(16-29(23)12-13-31-2)25(30)28-10-8-19(9-11-28)20-14-18(15-27)6-7-22(20)26;/h3-7,14,16,19H,8-13,15,27H2,1-2H3;1H. The molecule has 2 N–H and O–H groups in total. The van der Waals surface area contributed by atoms with E-state index in [1.807, 2.05) is 42.3 Å². The number of fused-ring (bicyclic) bond motifs is 1. The molecule has 0 aliphatic carbocycles. The van der Waals surface area contributed by atoms with Gasteiger partial charge in [-0.1, -0.05) is 24.3 Å². The molecule has 2 aromatic carbocycles. The molecule has 1 aromatic heterocycles. The highest BCUT2D eigenvalue weighted by Gasteiger charge is 2.28. The number of rotatable bonds is 6. The zero-order valence-corrected chi connectivity index (χ0v) is 19.5. The number of methoxy groups -OCH3 is 1. The van der Waals surface area contributed by atoms with Crippen LogP contribution in [-0.4, -0.2) is 42.2 Å². The monoisotopic (exact) mass is 459 g/mol. The summed E-state index contributed by atoms with van der Waals surface area (Å²) in [6, 6.07) is 11.2. The molecule has 0 radical (unpaired) electrons. The second-order valence-electron chi connectivity index (χ2n) is 8.32. The largest absolute Gasteiger partial charge is 0.383 e. The van der Waals surface area contributed by atoms with E-state index in [2.05, 4.69) is 4.57 Å². The molecule has 1 saturated heterocycles. The van der Waals surface area contributed by atoms with Gasteiger partial charge in [-0.3, -0.25) is 4.79 Å². The Morgan fingerprint density at radius 3 is 2.66 bits per heavy atom. The lowest BCUT2D eigenvalue weighted by Gasteiger charge is -2.32. The maximum Gasteiger partial charge on any atom is 0.256 e. The first kappa shape index (κ1) is 24.2. The van der Waals surface area contributed by atoms with Gasteiger partial charge in [0.15, 0.2) is 0 Å². The third-order valence-electron chi connectivity index (χ3n) is 6.40. The van der Waals surface area contributed by atoms with Gasteiger partial charge in [0.2, 0.25) is 0 Å². The minimum absolute atomic E-state index is 0. The van der Waals surface area contributed by atoms with Gasteiger partial charge in [-0.15, -0.1) is 12.4 Å².